The van der Waals surface area contributed by atoms with Crippen molar-refractivity contribution in [1.29, 1.82) is 0 Å². The Morgan fingerprint density at radius 2 is 1.44 bits per heavy atom. The molecule has 0 spiro atoms. The molecule has 0 aromatic carbocycles. The van der Waals surface area contributed by atoms with Crippen LogP contribution in [0.15, 0.2) is 0 Å². The Morgan fingerprint density at radius 3 is 1.44 bits per heavy atom. The maximum absolute atomic E-state index is 5.34. The third-order valence-corrected chi connectivity index (χ3v) is 1.87. The minimum Gasteiger partial charge on any atom is -0.355 e. The van der Waals surface area contributed by atoms with Crippen LogP contribution in [-0.4, -0.2) is 25.2 Å². The molecule has 0 saturated heterocycles. The van der Waals surface area contributed by atoms with Gasteiger partial charge in [-0.05, 0) is 0 Å². The van der Waals surface area contributed by atoms with Gasteiger partial charge in [0.2, 0.25) is 0 Å². The molecule has 0 aliphatic carbocycles. The van der Waals surface area contributed by atoms with Gasteiger partial charge in [-0.15, -0.1) is 0 Å². The average Bonchev–Trinajstić information content (AvgIpc) is 1.95. The third-order valence-electron chi connectivity index (χ3n) is 1.37. The summed E-state index contributed by atoms with van der Waals surface area (Å²) >= 11 is 0. The highest BCUT2D eigenvalue weighted by Gasteiger charge is 2.23. The first-order chi connectivity index (χ1) is 4.24. The van der Waals surface area contributed by atoms with E-state index in [0.717, 1.165) is 0 Å². The standard InChI is InChI=1S/C4H14N3OP/c5-1-4(2-6,3-7)8-9/h1-3,5-7,9H2. The summed E-state index contributed by atoms with van der Waals surface area (Å²) in [6.45, 7) is 1.05. The van der Waals surface area contributed by atoms with Crippen molar-refractivity contribution in [1.82, 2.24) is 0 Å². The molecule has 9 heavy (non-hydrogen) atoms. The lowest BCUT2D eigenvalue weighted by Gasteiger charge is -2.26. The number of nitrogens with two attached hydrogens (primary N) is 3. The van der Waals surface area contributed by atoms with Crippen molar-refractivity contribution in [3.8, 4) is 0 Å². The zero-order valence-corrected chi connectivity index (χ0v) is 6.49. The van der Waals surface area contributed by atoms with Crippen LogP contribution in [-0.2, 0) is 4.52 Å². The summed E-state index contributed by atoms with van der Waals surface area (Å²) in [5.74, 6) is 0. The van der Waals surface area contributed by atoms with Gasteiger partial charge in [0, 0.05) is 29.1 Å². The summed E-state index contributed by atoms with van der Waals surface area (Å²) in [6, 6.07) is 0. The lowest BCUT2D eigenvalue weighted by atomic mass is 10.1. The van der Waals surface area contributed by atoms with E-state index in [2.05, 4.69) is 9.47 Å². The van der Waals surface area contributed by atoms with Crippen LogP contribution in [0, 0.1) is 0 Å². The fraction of sp³-hybridized carbons (Fsp3) is 1.00. The Balaban J connectivity index is 3.82. The van der Waals surface area contributed by atoms with Gasteiger partial charge < -0.3 is 21.7 Å². The highest BCUT2D eigenvalue weighted by atomic mass is 31.0. The summed E-state index contributed by atoms with van der Waals surface area (Å²) in [5.41, 5.74) is 15.5. The van der Waals surface area contributed by atoms with Crippen molar-refractivity contribution < 1.29 is 4.52 Å². The molecule has 1 unspecified atom stereocenters. The Labute approximate surface area is 57.4 Å². The average molecular weight is 151 g/mol. The van der Waals surface area contributed by atoms with E-state index in [0.29, 0.717) is 19.6 Å². The molecule has 0 aromatic rings. The normalized spacial score (nSPS) is 12.0. The largest absolute Gasteiger partial charge is 0.355 e. The van der Waals surface area contributed by atoms with Gasteiger partial charge in [-0.3, -0.25) is 0 Å². The van der Waals surface area contributed by atoms with Crippen LogP contribution < -0.4 is 17.2 Å². The predicted molar refractivity (Wildman–Crippen MR) is 40.7 cm³/mol. The Hall–Kier alpha value is 0.270. The van der Waals surface area contributed by atoms with Crippen molar-refractivity contribution in [2.45, 2.75) is 5.60 Å². The zero-order chi connectivity index (χ0) is 7.33. The predicted octanol–water partition coefficient (Wildman–Crippen LogP) is -1.59. The first-order valence-electron chi connectivity index (χ1n) is 2.73. The van der Waals surface area contributed by atoms with Crippen LogP contribution in [0.1, 0.15) is 0 Å². The minimum atomic E-state index is -0.537. The molecular weight excluding hydrogens is 137 g/mol. The lowest BCUT2D eigenvalue weighted by Crippen LogP contribution is -2.51. The maximum Gasteiger partial charge on any atom is 0.108 e. The summed E-state index contributed by atoms with van der Waals surface area (Å²) < 4.78 is 4.93. The highest BCUT2D eigenvalue weighted by Crippen LogP contribution is 2.08. The summed E-state index contributed by atoms with van der Waals surface area (Å²) in [7, 11) is 2.12. The molecule has 0 fully saturated rings. The van der Waals surface area contributed by atoms with Gasteiger partial charge in [0.1, 0.15) is 5.60 Å². The van der Waals surface area contributed by atoms with E-state index in [4.69, 9.17) is 21.7 Å². The van der Waals surface area contributed by atoms with E-state index >= 15 is 0 Å². The molecule has 0 saturated carbocycles. The monoisotopic (exact) mass is 151 g/mol. The van der Waals surface area contributed by atoms with Gasteiger partial charge in [-0.2, -0.15) is 0 Å². The van der Waals surface area contributed by atoms with Gasteiger partial charge in [0.15, 0.2) is 0 Å². The Bertz CT molecular complexity index is 58.7. The minimum absolute atomic E-state index is 0.351. The van der Waals surface area contributed by atoms with Crippen LogP contribution in [0.2, 0.25) is 0 Å². The van der Waals surface area contributed by atoms with Crippen LogP contribution in [0.4, 0.5) is 0 Å². The molecule has 0 bridgehead atoms. The molecule has 0 aromatic heterocycles. The first kappa shape index (κ1) is 9.27. The lowest BCUT2D eigenvalue weighted by molar-refractivity contribution is 0.122. The van der Waals surface area contributed by atoms with Crippen molar-refractivity contribution in [2.75, 3.05) is 19.6 Å². The summed E-state index contributed by atoms with van der Waals surface area (Å²) in [4.78, 5) is 0. The Kier molecular flexibility index (Phi) is 4.27. The fourth-order valence-corrected chi connectivity index (χ4v) is 0.683. The smallest absolute Gasteiger partial charge is 0.108 e. The molecule has 0 heterocycles. The van der Waals surface area contributed by atoms with E-state index < -0.39 is 5.60 Å². The van der Waals surface area contributed by atoms with Gasteiger partial charge in [0.05, 0.1) is 0 Å². The SMILES string of the molecule is NCC(CN)(CN)OP. The molecule has 1 atom stereocenters. The van der Waals surface area contributed by atoms with Crippen molar-refractivity contribution in [3.63, 3.8) is 0 Å². The molecule has 56 valence electrons. The number of rotatable bonds is 4. The van der Waals surface area contributed by atoms with E-state index in [-0.39, 0.29) is 0 Å². The molecule has 0 amide bonds. The van der Waals surface area contributed by atoms with Gasteiger partial charge in [-0.1, -0.05) is 0 Å². The summed E-state index contributed by atoms with van der Waals surface area (Å²) in [6.07, 6.45) is 0. The third kappa shape index (κ3) is 2.16. The first-order valence-corrected chi connectivity index (χ1v) is 3.20. The second-order valence-corrected chi connectivity index (χ2v) is 2.15. The molecule has 6 N–H and O–H groups in total. The molecule has 4 nitrogen and oxygen atoms in total. The molecule has 0 aliphatic rings. The second-order valence-electron chi connectivity index (χ2n) is 1.91. The Morgan fingerprint density at radius 1 is 1.11 bits per heavy atom. The van der Waals surface area contributed by atoms with Crippen LogP contribution in [0.25, 0.3) is 0 Å². The van der Waals surface area contributed by atoms with Crippen LogP contribution in [0.3, 0.4) is 0 Å². The van der Waals surface area contributed by atoms with E-state index in [9.17, 15) is 0 Å². The van der Waals surface area contributed by atoms with Crippen molar-refractivity contribution in [2.24, 2.45) is 17.2 Å². The summed E-state index contributed by atoms with van der Waals surface area (Å²) in [5, 5.41) is 0. The molecule has 0 radical (unpaired) electrons. The molecule has 0 aliphatic heterocycles. The topological polar surface area (TPSA) is 87.3 Å². The molecule has 5 heteroatoms. The van der Waals surface area contributed by atoms with E-state index in [1.165, 1.54) is 0 Å². The van der Waals surface area contributed by atoms with E-state index in [1.54, 1.807) is 0 Å². The van der Waals surface area contributed by atoms with E-state index in [1.807, 2.05) is 0 Å². The quantitative estimate of drug-likeness (QED) is 0.423. The number of hydrogen-bond donors (Lipinski definition) is 3. The fourth-order valence-electron chi connectivity index (χ4n) is 0.394. The van der Waals surface area contributed by atoms with Crippen LogP contribution >= 0.6 is 9.47 Å². The second kappa shape index (κ2) is 4.14. The van der Waals surface area contributed by atoms with Crippen LogP contribution in [0.5, 0.6) is 0 Å². The maximum atomic E-state index is 5.34. The molecular formula is C4H14N3OP. The number of hydrogen-bond acceptors (Lipinski definition) is 4. The highest BCUT2D eigenvalue weighted by molar-refractivity contribution is 7.09. The van der Waals surface area contributed by atoms with Gasteiger partial charge >= 0.3 is 0 Å². The van der Waals surface area contributed by atoms with Gasteiger partial charge in [0.25, 0.3) is 0 Å². The van der Waals surface area contributed by atoms with Gasteiger partial charge in [-0.25, -0.2) is 0 Å². The van der Waals surface area contributed by atoms with Crippen molar-refractivity contribution >= 4 is 9.47 Å². The van der Waals surface area contributed by atoms with Crippen molar-refractivity contribution in [3.05, 3.63) is 0 Å². The zero-order valence-electron chi connectivity index (χ0n) is 5.34. The molecule has 0 rings (SSSR count).